The first-order valence-electron chi connectivity index (χ1n) is 4.03. The molecule has 0 aliphatic heterocycles. The number of pyridine rings is 1. The van der Waals surface area contributed by atoms with E-state index in [0.717, 1.165) is 5.69 Å². The summed E-state index contributed by atoms with van der Waals surface area (Å²) in [4.78, 5) is 3.93. The summed E-state index contributed by atoms with van der Waals surface area (Å²) in [6, 6.07) is 3.64. The van der Waals surface area contributed by atoms with Gasteiger partial charge in [0.25, 0.3) is 0 Å². The van der Waals surface area contributed by atoms with Crippen LogP contribution in [0.4, 0.5) is 11.5 Å². The van der Waals surface area contributed by atoms with Crippen molar-refractivity contribution in [3.05, 3.63) is 24.2 Å². The fraction of sp³-hybridized carbons (Fsp3) is 0.143. The van der Waals surface area contributed by atoms with Crippen molar-refractivity contribution in [1.29, 1.82) is 0 Å². The van der Waals surface area contributed by atoms with E-state index < -0.39 is 0 Å². The molecule has 0 aliphatic carbocycles. The zero-order chi connectivity index (χ0) is 9.80. The van der Waals surface area contributed by atoms with E-state index in [1.165, 1.54) is 0 Å². The van der Waals surface area contributed by atoms with Gasteiger partial charge >= 0.3 is 0 Å². The van der Waals surface area contributed by atoms with Crippen molar-refractivity contribution >= 4 is 11.5 Å². The van der Waals surface area contributed by atoms with Gasteiger partial charge in [0.2, 0.25) is 0 Å². The van der Waals surface area contributed by atoms with Gasteiger partial charge in [-0.15, -0.1) is 10.2 Å². The maximum absolute atomic E-state index is 5.62. The highest BCUT2D eigenvalue weighted by molar-refractivity contribution is 5.60. The topological polar surface area (TPSA) is 105 Å². The highest BCUT2D eigenvalue weighted by Gasteiger charge is 2.00. The fourth-order valence-electron chi connectivity index (χ4n) is 0.999. The Hall–Kier alpha value is -2.18. The monoisotopic (exact) mass is 191 g/mol. The van der Waals surface area contributed by atoms with Crippen LogP contribution in [-0.4, -0.2) is 25.6 Å². The molecule has 0 radical (unpaired) electrons. The molecule has 0 saturated carbocycles. The second kappa shape index (κ2) is 3.69. The normalized spacial score (nSPS) is 10.0. The first-order chi connectivity index (χ1) is 6.86. The summed E-state index contributed by atoms with van der Waals surface area (Å²) in [6.45, 7) is 0.465. The van der Waals surface area contributed by atoms with Crippen LogP contribution >= 0.6 is 0 Å². The van der Waals surface area contributed by atoms with Gasteiger partial charge in [-0.05, 0) is 12.1 Å². The summed E-state index contributed by atoms with van der Waals surface area (Å²) in [7, 11) is 0. The molecule has 7 nitrogen and oxygen atoms in total. The van der Waals surface area contributed by atoms with Crippen LogP contribution in [0.5, 0.6) is 0 Å². The van der Waals surface area contributed by atoms with E-state index in [-0.39, 0.29) is 0 Å². The molecule has 0 bridgehead atoms. The van der Waals surface area contributed by atoms with E-state index in [4.69, 9.17) is 5.73 Å². The van der Waals surface area contributed by atoms with Crippen LogP contribution in [0.15, 0.2) is 18.3 Å². The van der Waals surface area contributed by atoms with Crippen molar-refractivity contribution in [3.8, 4) is 0 Å². The van der Waals surface area contributed by atoms with Crippen LogP contribution in [0.3, 0.4) is 0 Å². The third-order valence-corrected chi connectivity index (χ3v) is 1.66. The average molecular weight is 191 g/mol. The predicted molar refractivity (Wildman–Crippen MR) is 50.2 cm³/mol. The second-order valence-corrected chi connectivity index (χ2v) is 2.62. The first-order valence-corrected chi connectivity index (χ1v) is 4.03. The maximum Gasteiger partial charge on any atom is 0.193 e. The van der Waals surface area contributed by atoms with E-state index in [1.54, 1.807) is 12.3 Å². The maximum atomic E-state index is 5.62. The van der Waals surface area contributed by atoms with Crippen LogP contribution in [0.2, 0.25) is 0 Å². The van der Waals surface area contributed by atoms with Gasteiger partial charge < -0.3 is 11.1 Å². The number of anilines is 2. The molecule has 0 amide bonds. The lowest BCUT2D eigenvalue weighted by Crippen LogP contribution is -2.04. The number of nitrogen functional groups attached to an aromatic ring is 1. The molecule has 0 saturated heterocycles. The van der Waals surface area contributed by atoms with Crippen molar-refractivity contribution in [3.63, 3.8) is 0 Å². The molecule has 0 fully saturated rings. The Labute approximate surface area is 79.7 Å². The van der Waals surface area contributed by atoms with Gasteiger partial charge in [-0.25, -0.2) is 4.98 Å². The van der Waals surface area contributed by atoms with E-state index >= 15 is 0 Å². The molecule has 4 N–H and O–H groups in total. The third-order valence-electron chi connectivity index (χ3n) is 1.66. The number of aromatic amines is 1. The molecule has 7 heteroatoms. The number of hydrogen-bond acceptors (Lipinski definition) is 6. The Balaban J connectivity index is 2.02. The Morgan fingerprint density at radius 2 is 2.43 bits per heavy atom. The standard InChI is InChI=1S/C7H9N7/c8-7-5(2-1-3-9-7)10-4-6-11-13-14-12-6/h1-3,10H,4H2,(H2,8,9)(H,11,12,13,14). The molecule has 14 heavy (non-hydrogen) atoms. The van der Waals surface area contributed by atoms with Gasteiger partial charge in [0, 0.05) is 6.20 Å². The predicted octanol–water partition coefficient (Wildman–Crippen LogP) is -0.211. The summed E-state index contributed by atoms with van der Waals surface area (Å²) in [6.07, 6.45) is 1.63. The van der Waals surface area contributed by atoms with Gasteiger partial charge in [0.15, 0.2) is 5.82 Å². The number of nitrogens with zero attached hydrogens (tertiary/aromatic N) is 4. The zero-order valence-electron chi connectivity index (χ0n) is 7.31. The van der Waals surface area contributed by atoms with E-state index in [2.05, 4.69) is 30.9 Å². The van der Waals surface area contributed by atoms with Crippen molar-refractivity contribution in [2.75, 3.05) is 11.1 Å². The van der Waals surface area contributed by atoms with Crippen LogP contribution in [0, 0.1) is 0 Å². The minimum atomic E-state index is 0.455. The van der Waals surface area contributed by atoms with Crippen LogP contribution < -0.4 is 11.1 Å². The number of nitrogens with one attached hydrogen (secondary N) is 2. The highest BCUT2D eigenvalue weighted by Crippen LogP contribution is 2.13. The number of tetrazole rings is 1. The summed E-state index contributed by atoms with van der Waals surface area (Å²) in [5.41, 5.74) is 6.38. The Kier molecular flexibility index (Phi) is 2.22. The molecule has 2 heterocycles. The molecule has 0 aliphatic rings. The third kappa shape index (κ3) is 1.76. The number of aromatic nitrogens is 5. The molecular formula is C7H9N7. The molecule has 72 valence electrons. The lowest BCUT2D eigenvalue weighted by molar-refractivity contribution is 0.881. The number of rotatable bonds is 3. The minimum Gasteiger partial charge on any atom is -0.382 e. The first kappa shape index (κ1) is 8.42. The molecular weight excluding hydrogens is 182 g/mol. The average Bonchev–Trinajstić information content (AvgIpc) is 2.69. The fourth-order valence-corrected chi connectivity index (χ4v) is 0.999. The van der Waals surface area contributed by atoms with Crippen LogP contribution in [0.1, 0.15) is 5.82 Å². The number of hydrogen-bond donors (Lipinski definition) is 3. The van der Waals surface area contributed by atoms with Gasteiger partial charge in [-0.2, -0.15) is 5.21 Å². The summed E-state index contributed by atoms with van der Waals surface area (Å²) >= 11 is 0. The SMILES string of the molecule is Nc1ncccc1NCc1nn[nH]n1. The summed E-state index contributed by atoms with van der Waals surface area (Å²) in [5.74, 6) is 1.03. The molecule has 0 aromatic carbocycles. The molecule has 2 rings (SSSR count). The van der Waals surface area contributed by atoms with E-state index in [9.17, 15) is 0 Å². The van der Waals surface area contributed by atoms with Crippen molar-refractivity contribution in [2.45, 2.75) is 6.54 Å². The molecule has 0 unspecified atom stereocenters. The van der Waals surface area contributed by atoms with Crippen molar-refractivity contribution in [2.24, 2.45) is 0 Å². The van der Waals surface area contributed by atoms with Crippen molar-refractivity contribution in [1.82, 2.24) is 25.6 Å². The smallest absolute Gasteiger partial charge is 0.193 e. The molecule has 0 spiro atoms. The van der Waals surface area contributed by atoms with Crippen LogP contribution in [0.25, 0.3) is 0 Å². The quantitative estimate of drug-likeness (QED) is 0.619. The Morgan fingerprint density at radius 3 is 3.14 bits per heavy atom. The lowest BCUT2D eigenvalue weighted by Gasteiger charge is -2.04. The van der Waals surface area contributed by atoms with Gasteiger partial charge in [-0.1, -0.05) is 5.21 Å². The second-order valence-electron chi connectivity index (χ2n) is 2.62. The highest BCUT2D eigenvalue weighted by atomic mass is 15.5. The molecule has 0 atom stereocenters. The van der Waals surface area contributed by atoms with Gasteiger partial charge in [-0.3, -0.25) is 0 Å². The van der Waals surface area contributed by atoms with Crippen LogP contribution in [-0.2, 0) is 6.54 Å². The lowest BCUT2D eigenvalue weighted by atomic mass is 10.4. The van der Waals surface area contributed by atoms with Crippen molar-refractivity contribution < 1.29 is 0 Å². The number of H-pyrrole nitrogens is 1. The summed E-state index contributed by atoms with van der Waals surface area (Å²) in [5, 5.41) is 16.4. The Morgan fingerprint density at radius 1 is 1.50 bits per heavy atom. The summed E-state index contributed by atoms with van der Waals surface area (Å²) < 4.78 is 0. The molecule has 2 aromatic heterocycles. The zero-order valence-corrected chi connectivity index (χ0v) is 7.31. The Bertz CT molecular complexity index is 396. The van der Waals surface area contributed by atoms with Gasteiger partial charge in [0.05, 0.1) is 12.2 Å². The molecule has 2 aromatic rings. The van der Waals surface area contributed by atoms with Gasteiger partial charge in [0.1, 0.15) is 5.82 Å². The van der Waals surface area contributed by atoms with E-state index in [1.807, 2.05) is 6.07 Å². The largest absolute Gasteiger partial charge is 0.382 e. The number of nitrogens with two attached hydrogens (primary N) is 1. The van der Waals surface area contributed by atoms with E-state index in [0.29, 0.717) is 18.2 Å². The minimum absolute atomic E-state index is 0.455.